The van der Waals surface area contributed by atoms with E-state index in [0.29, 0.717) is 25.2 Å². The largest absolute Gasteiger partial charge is 0.464 e. The minimum Gasteiger partial charge on any atom is -0.464 e. The lowest BCUT2D eigenvalue weighted by Crippen LogP contribution is -2.39. The number of hydrogen-bond donors (Lipinski definition) is 2. The van der Waals surface area contributed by atoms with Gasteiger partial charge in [-0.15, -0.1) is 0 Å². The molecule has 1 saturated heterocycles. The van der Waals surface area contributed by atoms with Gasteiger partial charge in [0, 0.05) is 32.3 Å². The van der Waals surface area contributed by atoms with Gasteiger partial charge in [-0.25, -0.2) is 23.1 Å². The van der Waals surface area contributed by atoms with Crippen LogP contribution in [0.1, 0.15) is 51.5 Å². The molecule has 1 aromatic carbocycles. The van der Waals surface area contributed by atoms with Crippen LogP contribution in [-0.4, -0.2) is 63.6 Å². The third-order valence-electron chi connectivity index (χ3n) is 6.04. The average Bonchev–Trinajstić information content (AvgIpc) is 2.82. The molecule has 1 aliphatic heterocycles. The van der Waals surface area contributed by atoms with Crippen molar-refractivity contribution in [1.29, 1.82) is 0 Å². The summed E-state index contributed by atoms with van der Waals surface area (Å²) in [5.41, 5.74) is 3.86. The van der Waals surface area contributed by atoms with E-state index in [2.05, 4.69) is 57.0 Å². The molecule has 2 N–H and O–H groups in total. The highest BCUT2D eigenvalue weighted by Gasteiger charge is 2.24. The summed E-state index contributed by atoms with van der Waals surface area (Å²) < 4.78 is 36.9. The topological polar surface area (TPSA) is 106 Å². The summed E-state index contributed by atoms with van der Waals surface area (Å²) in [6.07, 6.45) is 7.39. The van der Waals surface area contributed by atoms with Crippen LogP contribution in [0.25, 0.3) is 0 Å². The molecule has 0 aliphatic carbocycles. The Kier molecular flexibility index (Phi) is 9.49. The van der Waals surface area contributed by atoms with Crippen molar-refractivity contribution < 1.29 is 17.9 Å². The highest BCUT2D eigenvalue weighted by molar-refractivity contribution is 7.88. The van der Waals surface area contributed by atoms with E-state index in [1.807, 2.05) is 6.92 Å². The second-order valence-electron chi connectivity index (χ2n) is 8.44. The number of aromatic nitrogens is 2. The maximum Gasteiger partial charge on any atom is 0.316 e. The van der Waals surface area contributed by atoms with Crippen molar-refractivity contribution in [2.24, 2.45) is 0 Å². The second-order valence-corrected chi connectivity index (χ2v) is 10.3. The van der Waals surface area contributed by atoms with Crippen LogP contribution >= 0.6 is 0 Å². The Morgan fingerprint density at radius 2 is 1.88 bits per heavy atom. The molecule has 0 spiro atoms. The van der Waals surface area contributed by atoms with Gasteiger partial charge in [-0.3, -0.25) is 0 Å². The fraction of sp³-hybridized carbons (Fsp3) is 0.583. The molecule has 1 unspecified atom stereocenters. The molecule has 10 heteroatoms. The summed E-state index contributed by atoms with van der Waals surface area (Å²) in [5.74, 6) is 0.0547. The lowest BCUT2D eigenvalue weighted by molar-refractivity contribution is 0.0846. The van der Waals surface area contributed by atoms with Crippen LogP contribution in [0.5, 0.6) is 6.01 Å². The molecule has 0 amide bonds. The molecule has 188 valence electrons. The summed E-state index contributed by atoms with van der Waals surface area (Å²) in [6, 6.07) is 7.10. The molecule has 9 nitrogen and oxygen atoms in total. The van der Waals surface area contributed by atoms with Gasteiger partial charge in [0.25, 0.3) is 0 Å². The summed E-state index contributed by atoms with van der Waals surface area (Å²) in [6.45, 7) is 9.40. The van der Waals surface area contributed by atoms with Gasteiger partial charge in [0.2, 0.25) is 10.0 Å². The first-order valence-electron chi connectivity index (χ1n) is 12.0. The van der Waals surface area contributed by atoms with Crippen molar-refractivity contribution in [2.75, 3.05) is 49.4 Å². The van der Waals surface area contributed by atoms with E-state index >= 15 is 0 Å². The van der Waals surface area contributed by atoms with Gasteiger partial charge in [-0.05, 0) is 56.7 Å². The molecule has 1 fully saturated rings. The first kappa shape index (κ1) is 26.2. The average molecular weight is 492 g/mol. The van der Waals surface area contributed by atoms with Crippen molar-refractivity contribution in [1.82, 2.24) is 14.7 Å². The standard InChI is InChI=1S/C24H37N5O4S/c1-5-18(15-27-34(4,30)31)19-8-9-23(29(6-2)21-10-12-32-13-11-21)22(14-19)28-20-16-25-24(26-17-20)33-7-3/h8-9,14,16-18,21,27-28H,5-7,10-13,15H2,1-4H3. The summed E-state index contributed by atoms with van der Waals surface area (Å²) in [4.78, 5) is 11.0. The van der Waals surface area contributed by atoms with Crippen molar-refractivity contribution in [3.05, 3.63) is 36.2 Å². The molecule has 2 aromatic rings. The quantitative estimate of drug-likeness (QED) is 0.463. The highest BCUT2D eigenvalue weighted by atomic mass is 32.2. The SMILES string of the molecule is CCOc1ncc(Nc2cc(C(CC)CNS(C)(=O)=O)ccc2N(CC)C2CCOCC2)cn1. The fourth-order valence-corrected chi connectivity index (χ4v) is 4.77. The number of nitrogens with zero attached hydrogens (tertiary/aromatic N) is 3. The van der Waals surface area contributed by atoms with E-state index in [0.717, 1.165) is 61.6 Å². The lowest BCUT2D eigenvalue weighted by Gasteiger charge is -2.37. The number of ether oxygens (including phenoxy) is 2. The van der Waals surface area contributed by atoms with Crippen LogP contribution in [0.2, 0.25) is 0 Å². The van der Waals surface area contributed by atoms with Crippen LogP contribution in [-0.2, 0) is 14.8 Å². The van der Waals surface area contributed by atoms with Gasteiger partial charge in [0.15, 0.2) is 0 Å². The zero-order valence-electron chi connectivity index (χ0n) is 20.6. The Morgan fingerprint density at radius 3 is 2.47 bits per heavy atom. The maximum absolute atomic E-state index is 11.7. The number of hydrogen-bond acceptors (Lipinski definition) is 8. The van der Waals surface area contributed by atoms with E-state index in [1.165, 1.54) is 6.26 Å². The Hall–Kier alpha value is -2.43. The van der Waals surface area contributed by atoms with Crippen molar-refractivity contribution in [3.63, 3.8) is 0 Å². The monoisotopic (exact) mass is 491 g/mol. The van der Waals surface area contributed by atoms with E-state index < -0.39 is 10.0 Å². The smallest absolute Gasteiger partial charge is 0.316 e. The molecular formula is C24H37N5O4S. The molecule has 0 saturated carbocycles. The Morgan fingerprint density at radius 1 is 1.18 bits per heavy atom. The van der Waals surface area contributed by atoms with Gasteiger partial charge in [0.1, 0.15) is 0 Å². The van der Waals surface area contributed by atoms with Crippen molar-refractivity contribution in [2.45, 2.75) is 52.0 Å². The first-order valence-corrected chi connectivity index (χ1v) is 13.9. The minimum atomic E-state index is -3.26. The lowest BCUT2D eigenvalue weighted by atomic mass is 9.95. The molecule has 0 radical (unpaired) electrons. The number of rotatable bonds is 12. The van der Waals surface area contributed by atoms with Crippen LogP contribution in [0.4, 0.5) is 17.1 Å². The zero-order chi connectivity index (χ0) is 24.6. The van der Waals surface area contributed by atoms with Crippen LogP contribution in [0, 0.1) is 0 Å². The summed E-state index contributed by atoms with van der Waals surface area (Å²) in [7, 11) is -3.26. The summed E-state index contributed by atoms with van der Waals surface area (Å²) in [5, 5.41) is 3.50. The maximum atomic E-state index is 11.7. The van der Waals surface area contributed by atoms with Gasteiger partial charge in [0.05, 0.1) is 42.3 Å². The van der Waals surface area contributed by atoms with E-state index in [-0.39, 0.29) is 5.92 Å². The molecular weight excluding hydrogens is 454 g/mol. The number of sulfonamides is 1. The highest BCUT2D eigenvalue weighted by Crippen LogP contribution is 2.35. The molecule has 1 aliphatic rings. The van der Waals surface area contributed by atoms with Crippen molar-refractivity contribution >= 4 is 27.1 Å². The first-order chi connectivity index (χ1) is 16.3. The van der Waals surface area contributed by atoms with Crippen LogP contribution < -0.4 is 19.7 Å². The molecule has 1 atom stereocenters. The number of nitrogens with one attached hydrogen (secondary N) is 2. The second kappa shape index (κ2) is 12.3. The van der Waals surface area contributed by atoms with Gasteiger partial charge < -0.3 is 19.7 Å². The normalized spacial score (nSPS) is 15.6. The zero-order valence-corrected chi connectivity index (χ0v) is 21.4. The van der Waals surface area contributed by atoms with Crippen LogP contribution in [0.15, 0.2) is 30.6 Å². The van der Waals surface area contributed by atoms with Gasteiger partial charge in [-0.2, -0.15) is 0 Å². The van der Waals surface area contributed by atoms with E-state index in [9.17, 15) is 8.42 Å². The molecule has 0 bridgehead atoms. The molecule has 1 aromatic heterocycles. The third-order valence-corrected chi connectivity index (χ3v) is 6.73. The van der Waals surface area contributed by atoms with Crippen molar-refractivity contribution in [3.8, 4) is 6.01 Å². The van der Waals surface area contributed by atoms with Gasteiger partial charge >= 0.3 is 6.01 Å². The molecule has 3 rings (SSSR count). The Labute approximate surface area is 203 Å². The molecule has 34 heavy (non-hydrogen) atoms. The number of anilines is 3. The Balaban J connectivity index is 1.94. The van der Waals surface area contributed by atoms with Gasteiger partial charge in [-0.1, -0.05) is 13.0 Å². The Bertz CT molecular complexity index is 1010. The minimum absolute atomic E-state index is 0.0547. The van der Waals surface area contributed by atoms with E-state index in [4.69, 9.17) is 9.47 Å². The summed E-state index contributed by atoms with van der Waals surface area (Å²) >= 11 is 0. The predicted molar refractivity (Wildman–Crippen MR) is 136 cm³/mol. The third kappa shape index (κ3) is 7.28. The number of benzene rings is 1. The van der Waals surface area contributed by atoms with E-state index in [1.54, 1.807) is 12.4 Å². The predicted octanol–water partition coefficient (Wildman–Crippen LogP) is 3.67. The van der Waals surface area contributed by atoms with Crippen LogP contribution in [0.3, 0.4) is 0 Å². The fourth-order valence-electron chi connectivity index (χ4n) is 4.27. The molecule has 2 heterocycles.